The third-order valence-corrected chi connectivity index (χ3v) is 6.43. The molecular formula is C31H25FN4O4. The quantitative estimate of drug-likeness (QED) is 0.243. The van der Waals surface area contributed by atoms with Crippen LogP contribution in [0.3, 0.4) is 0 Å². The van der Waals surface area contributed by atoms with Crippen LogP contribution in [-0.4, -0.2) is 30.1 Å². The van der Waals surface area contributed by atoms with E-state index >= 15 is 0 Å². The van der Waals surface area contributed by atoms with Crippen molar-refractivity contribution in [3.63, 3.8) is 0 Å². The van der Waals surface area contributed by atoms with Crippen molar-refractivity contribution >= 4 is 17.4 Å². The van der Waals surface area contributed by atoms with Gasteiger partial charge >= 0.3 is 0 Å². The molecule has 2 aromatic heterocycles. The van der Waals surface area contributed by atoms with Gasteiger partial charge in [0.25, 0.3) is 5.91 Å². The van der Waals surface area contributed by atoms with Gasteiger partial charge in [-0.15, -0.1) is 0 Å². The van der Waals surface area contributed by atoms with Crippen LogP contribution in [0.2, 0.25) is 0 Å². The molecule has 0 atom stereocenters. The number of carbonyl (C=O) groups is 1. The molecule has 200 valence electrons. The van der Waals surface area contributed by atoms with Gasteiger partial charge in [0, 0.05) is 41.0 Å². The summed E-state index contributed by atoms with van der Waals surface area (Å²) in [5.74, 6) is 0.583. The number of rotatable bonds is 7. The smallest absolute Gasteiger partial charge is 0.261 e. The van der Waals surface area contributed by atoms with Gasteiger partial charge < -0.3 is 25.5 Å². The molecule has 0 spiro atoms. The van der Waals surface area contributed by atoms with Crippen molar-refractivity contribution in [1.82, 2.24) is 9.97 Å². The second kappa shape index (κ2) is 11.1. The molecule has 0 radical (unpaired) electrons. The van der Waals surface area contributed by atoms with E-state index in [9.17, 15) is 14.0 Å². The maximum Gasteiger partial charge on any atom is 0.261 e. The van der Waals surface area contributed by atoms with Crippen LogP contribution in [0.25, 0.3) is 33.4 Å². The molecule has 5 aromatic rings. The van der Waals surface area contributed by atoms with Gasteiger partial charge in [-0.25, -0.2) is 9.37 Å². The number of ether oxygens (including phenoxy) is 2. The first-order valence-corrected chi connectivity index (χ1v) is 12.2. The maximum atomic E-state index is 13.3. The highest BCUT2D eigenvalue weighted by atomic mass is 19.1. The molecule has 0 fully saturated rings. The van der Waals surface area contributed by atoms with E-state index in [4.69, 9.17) is 15.2 Å². The Balaban J connectivity index is 1.38. The molecule has 9 heteroatoms. The molecule has 5 rings (SSSR count). The molecule has 4 N–H and O–H groups in total. The predicted molar refractivity (Wildman–Crippen MR) is 153 cm³/mol. The molecule has 0 aliphatic carbocycles. The third kappa shape index (κ3) is 5.25. The highest BCUT2D eigenvalue weighted by molar-refractivity contribution is 6.04. The average Bonchev–Trinajstić information content (AvgIpc) is 2.98. The van der Waals surface area contributed by atoms with Crippen LogP contribution in [-0.2, 0) is 0 Å². The predicted octanol–water partition coefficient (Wildman–Crippen LogP) is 5.76. The van der Waals surface area contributed by atoms with Crippen molar-refractivity contribution in [2.45, 2.75) is 0 Å². The molecule has 40 heavy (non-hydrogen) atoms. The zero-order chi connectivity index (χ0) is 28.2. The monoisotopic (exact) mass is 536 g/mol. The van der Waals surface area contributed by atoms with Gasteiger partial charge in [0.1, 0.15) is 17.2 Å². The fourth-order valence-corrected chi connectivity index (χ4v) is 4.31. The molecule has 0 unspecified atom stereocenters. The number of aromatic nitrogens is 2. The second-order valence-electron chi connectivity index (χ2n) is 8.88. The summed E-state index contributed by atoms with van der Waals surface area (Å²) in [6.07, 6.45) is 4.51. The van der Waals surface area contributed by atoms with E-state index in [2.05, 4.69) is 15.3 Å². The fourth-order valence-electron chi connectivity index (χ4n) is 4.31. The summed E-state index contributed by atoms with van der Waals surface area (Å²) in [4.78, 5) is 33.1. The van der Waals surface area contributed by atoms with Crippen molar-refractivity contribution in [3.8, 4) is 44.9 Å². The molecule has 1 amide bonds. The number of nitrogens with two attached hydrogens (primary N) is 1. The number of nitrogens with zero attached hydrogens (tertiary/aromatic N) is 1. The van der Waals surface area contributed by atoms with E-state index in [0.717, 1.165) is 16.7 Å². The highest BCUT2D eigenvalue weighted by Gasteiger charge is 2.15. The van der Waals surface area contributed by atoms with Crippen molar-refractivity contribution in [1.29, 1.82) is 0 Å². The summed E-state index contributed by atoms with van der Waals surface area (Å²) in [5.41, 5.74) is 10.1. The lowest BCUT2D eigenvalue weighted by Gasteiger charge is -2.12. The van der Waals surface area contributed by atoms with Crippen LogP contribution < -0.4 is 26.0 Å². The van der Waals surface area contributed by atoms with Gasteiger partial charge in [-0.1, -0.05) is 30.3 Å². The normalized spacial score (nSPS) is 10.7. The Labute approximate surface area is 229 Å². The third-order valence-electron chi connectivity index (χ3n) is 6.43. The number of methoxy groups -OCH3 is 2. The van der Waals surface area contributed by atoms with Gasteiger partial charge in [0.05, 0.1) is 14.2 Å². The van der Waals surface area contributed by atoms with E-state index in [1.807, 2.05) is 24.3 Å². The van der Waals surface area contributed by atoms with Gasteiger partial charge in [0.15, 0.2) is 11.5 Å². The lowest BCUT2D eigenvalue weighted by atomic mass is 10.0. The maximum absolute atomic E-state index is 13.3. The topological polar surface area (TPSA) is 119 Å². The minimum absolute atomic E-state index is 0.0676. The first-order valence-electron chi connectivity index (χ1n) is 12.2. The van der Waals surface area contributed by atoms with Crippen molar-refractivity contribution in [2.75, 3.05) is 25.3 Å². The minimum Gasteiger partial charge on any atom is -0.493 e. The number of anilines is 2. The van der Waals surface area contributed by atoms with Crippen molar-refractivity contribution < 1.29 is 18.7 Å². The van der Waals surface area contributed by atoms with Gasteiger partial charge in [-0.2, -0.15) is 0 Å². The fraction of sp³-hybridized carbons (Fsp3) is 0.0645. The zero-order valence-corrected chi connectivity index (χ0v) is 21.7. The van der Waals surface area contributed by atoms with Crippen LogP contribution in [0.1, 0.15) is 10.4 Å². The number of H-pyrrole nitrogens is 1. The summed E-state index contributed by atoms with van der Waals surface area (Å²) in [5, 5.41) is 2.75. The van der Waals surface area contributed by atoms with Crippen LogP contribution in [0.15, 0.2) is 96.2 Å². The van der Waals surface area contributed by atoms with E-state index in [1.54, 1.807) is 44.7 Å². The number of aromatic amines is 1. The average molecular weight is 537 g/mol. The number of halogens is 1. The Hall–Kier alpha value is -5.44. The van der Waals surface area contributed by atoms with Crippen LogP contribution >= 0.6 is 0 Å². The van der Waals surface area contributed by atoms with Crippen molar-refractivity contribution in [2.24, 2.45) is 0 Å². The standard InChI is InChI=1S/C31H25FN4O4/c1-39-27-12-7-20(14-28(27)40-2)21-13-24(30(33)35-15-21)18-5-10-23(11-6-18)36-31(38)26-17-34-16-25(29(26)37)19-3-8-22(32)9-4-19/h3-17H,1-2H3,(H2,33,35)(H,34,37)(H,36,38). The summed E-state index contributed by atoms with van der Waals surface area (Å²) < 4.78 is 24.0. The summed E-state index contributed by atoms with van der Waals surface area (Å²) in [6.45, 7) is 0. The van der Waals surface area contributed by atoms with E-state index in [1.165, 1.54) is 36.7 Å². The van der Waals surface area contributed by atoms with E-state index in [0.29, 0.717) is 34.1 Å². The first-order chi connectivity index (χ1) is 19.4. The minimum atomic E-state index is -0.574. The largest absolute Gasteiger partial charge is 0.493 e. The first kappa shape index (κ1) is 26.2. The number of hydrogen-bond acceptors (Lipinski definition) is 6. The molecule has 0 saturated heterocycles. The Kier molecular flexibility index (Phi) is 7.28. The molecule has 0 saturated carbocycles. The summed E-state index contributed by atoms with van der Waals surface area (Å²) in [7, 11) is 3.16. The second-order valence-corrected chi connectivity index (χ2v) is 8.88. The van der Waals surface area contributed by atoms with Crippen molar-refractivity contribution in [3.05, 3.63) is 113 Å². The Morgan fingerprint density at radius 1 is 0.825 bits per heavy atom. The summed E-state index contributed by atoms with van der Waals surface area (Å²) in [6, 6.07) is 20.1. The Morgan fingerprint density at radius 2 is 1.48 bits per heavy atom. The van der Waals surface area contributed by atoms with Crippen LogP contribution in [0.5, 0.6) is 11.5 Å². The molecule has 0 bridgehead atoms. The summed E-state index contributed by atoms with van der Waals surface area (Å²) >= 11 is 0. The molecular weight excluding hydrogens is 511 g/mol. The molecule has 0 aliphatic heterocycles. The van der Waals surface area contributed by atoms with E-state index < -0.39 is 17.2 Å². The molecule has 8 nitrogen and oxygen atoms in total. The van der Waals surface area contributed by atoms with Gasteiger partial charge in [-0.3, -0.25) is 9.59 Å². The molecule has 2 heterocycles. The van der Waals surface area contributed by atoms with Gasteiger partial charge in [0.2, 0.25) is 5.43 Å². The number of amides is 1. The number of benzene rings is 3. The van der Waals surface area contributed by atoms with Crippen LogP contribution in [0, 0.1) is 5.82 Å². The lowest BCUT2D eigenvalue weighted by Crippen LogP contribution is -2.22. The Bertz CT molecular complexity index is 1750. The van der Waals surface area contributed by atoms with E-state index in [-0.39, 0.29) is 11.1 Å². The van der Waals surface area contributed by atoms with Gasteiger partial charge in [-0.05, 0) is 59.2 Å². The lowest BCUT2D eigenvalue weighted by molar-refractivity contribution is 0.102. The Morgan fingerprint density at radius 3 is 2.17 bits per heavy atom. The number of pyridine rings is 2. The van der Waals surface area contributed by atoms with Crippen LogP contribution in [0.4, 0.5) is 15.9 Å². The molecule has 3 aromatic carbocycles. The number of nitrogens with one attached hydrogen (secondary N) is 2. The highest BCUT2D eigenvalue weighted by Crippen LogP contribution is 2.35. The molecule has 0 aliphatic rings. The zero-order valence-electron chi connectivity index (χ0n) is 21.7. The SMILES string of the molecule is COc1ccc(-c2cnc(N)c(-c3ccc(NC(=O)c4c[nH]cc(-c5ccc(F)cc5)c4=O)cc3)c2)cc1OC. The number of nitrogen functional groups attached to an aromatic ring is 1. The number of hydrogen-bond donors (Lipinski definition) is 3. The number of carbonyl (C=O) groups excluding carboxylic acids is 1.